The second-order valence-electron chi connectivity index (χ2n) is 3.25. The summed E-state index contributed by atoms with van der Waals surface area (Å²) in [5, 5.41) is 2.59. The molecule has 0 saturated heterocycles. The van der Waals surface area contributed by atoms with Gasteiger partial charge in [-0.05, 0) is 19.1 Å². The van der Waals surface area contributed by atoms with Crippen molar-refractivity contribution in [3.63, 3.8) is 0 Å². The van der Waals surface area contributed by atoms with Gasteiger partial charge < -0.3 is 10.1 Å². The van der Waals surface area contributed by atoms with E-state index in [4.69, 9.17) is 0 Å². The smallest absolute Gasteiger partial charge is 0.307 e. The lowest BCUT2D eigenvalue weighted by atomic mass is 10.3. The number of rotatable bonds is 4. The van der Waals surface area contributed by atoms with Crippen LogP contribution in [0.2, 0.25) is 0 Å². The van der Waals surface area contributed by atoms with Crippen molar-refractivity contribution in [3.05, 3.63) is 29.6 Å². The molecule has 16 heavy (non-hydrogen) atoms. The zero-order valence-corrected chi connectivity index (χ0v) is 9.32. The molecular weight excluding hydrogens is 208 g/mol. The van der Waals surface area contributed by atoms with Crippen molar-refractivity contribution in [1.29, 1.82) is 0 Å². The Morgan fingerprint density at radius 1 is 1.44 bits per heavy atom. The second kappa shape index (κ2) is 5.85. The van der Waals surface area contributed by atoms with E-state index in [0.717, 1.165) is 5.69 Å². The van der Waals surface area contributed by atoms with Gasteiger partial charge in [0, 0.05) is 12.2 Å². The van der Waals surface area contributed by atoms with Crippen molar-refractivity contribution in [1.82, 2.24) is 10.3 Å². The Morgan fingerprint density at radius 2 is 2.19 bits per heavy atom. The number of pyridine rings is 1. The van der Waals surface area contributed by atoms with Gasteiger partial charge in [-0.15, -0.1) is 0 Å². The van der Waals surface area contributed by atoms with Gasteiger partial charge in [-0.2, -0.15) is 0 Å². The molecule has 1 aromatic rings. The van der Waals surface area contributed by atoms with Gasteiger partial charge in [-0.1, -0.05) is 6.07 Å². The number of aryl methyl sites for hydroxylation is 1. The first-order valence-corrected chi connectivity index (χ1v) is 4.92. The summed E-state index contributed by atoms with van der Waals surface area (Å²) in [6.07, 6.45) is 0.161. The molecule has 1 N–H and O–H groups in total. The number of hydrogen-bond acceptors (Lipinski definition) is 4. The number of aromatic nitrogens is 1. The van der Waals surface area contributed by atoms with E-state index in [2.05, 4.69) is 15.0 Å². The first-order valence-electron chi connectivity index (χ1n) is 4.92. The molecule has 1 amide bonds. The zero-order valence-electron chi connectivity index (χ0n) is 9.32. The number of hydrogen-bond donors (Lipinski definition) is 1. The molecule has 0 bridgehead atoms. The largest absolute Gasteiger partial charge is 0.469 e. The quantitative estimate of drug-likeness (QED) is 0.761. The number of esters is 1. The van der Waals surface area contributed by atoms with Crippen molar-refractivity contribution in [2.24, 2.45) is 0 Å². The van der Waals surface area contributed by atoms with Gasteiger partial charge in [0.2, 0.25) is 0 Å². The van der Waals surface area contributed by atoms with Crippen LogP contribution in [0.1, 0.15) is 22.6 Å². The first-order chi connectivity index (χ1) is 7.63. The Bertz CT molecular complexity index is 391. The summed E-state index contributed by atoms with van der Waals surface area (Å²) in [6.45, 7) is 2.06. The minimum absolute atomic E-state index is 0.161. The summed E-state index contributed by atoms with van der Waals surface area (Å²) < 4.78 is 4.45. The van der Waals surface area contributed by atoms with Crippen LogP contribution in [0.4, 0.5) is 0 Å². The van der Waals surface area contributed by atoms with Crippen LogP contribution in [0.3, 0.4) is 0 Å². The van der Waals surface area contributed by atoms with Crippen LogP contribution in [0, 0.1) is 6.92 Å². The van der Waals surface area contributed by atoms with E-state index in [1.165, 1.54) is 7.11 Å². The fourth-order valence-corrected chi connectivity index (χ4v) is 1.14. The lowest BCUT2D eigenvalue weighted by Crippen LogP contribution is -2.27. The lowest BCUT2D eigenvalue weighted by Gasteiger charge is -2.04. The van der Waals surface area contributed by atoms with Crippen molar-refractivity contribution >= 4 is 11.9 Å². The number of methoxy groups -OCH3 is 1. The van der Waals surface area contributed by atoms with Gasteiger partial charge in [0.25, 0.3) is 5.91 Å². The maximum Gasteiger partial charge on any atom is 0.307 e. The van der Waals surface area contributed by atoms with Crippen molar-refractivity contribution in [3.8, 4) is 0 Å². The monoisotopic (exact) mass is 222 g/mol. The van der Waals surface area contributed by atoms with Crippen molar-refractivity contribution in [2.45, 2.75) is 13.3 Å². The minimum Gasteiger partial charge on any atom is -0.469 e. The third kappa shape index (κ3) is 3.68. The van der Waals surface area contributed by atoms with E-state index in [9.17, 15) is 9.59 Å². The SMILES string of the molecule is COC(=O)CCNC(=O)c1cccc(C)n1. The molecule has 1 rings (SSSR count). The Hall–Kier alpha value is -1.91. The highest BCUT2D eigenvalue weighted by atomic mass is 16.5. The molecule has 0 fully saturated rings. The predicted molar refractivity (Wildman–Crippen MR) is 57.9 cm³/mol. The minimum atomic E-state index is -0.350. The van der Waals surface area contributed by atoms with Crippen molar-refractivity contribution in [2.75, 3.05) is 13.7 Å². The molecule has 1 heterocycles. The molecule has 0 aliphatic carbocycles. The highest BCUT2D eigenvalue weighted by Gasteiger charge is 2.07. The van der Waals surface area contributed by atoms with Crippen LogP contribution in [0.25, 0.3) is 0 Å². The highest BCUT2D eigenvalue weighted by molar-refractivity contribution is 5.92. The Balaban J connectivity index is 2.44. The Labute approximate surface area is 93.8 Å². The van der Waals surface area contributed by atoms with Gasteiger partial charge in [0.05, 0.1) is 13.5 Å². The third-order valence-electron chi connectivity index (χ3n) is 1.96. The van der Waals surface area contributed by atoms with Crippen LogP contribution in [-0.4, -0.2) is 30.5 Å². The van der Waals surface area contributed by atoms with Crippen molar-refractivity contribution < 1.29 is 14.3 Å². The average molecular weight is 222 g/mol. The van der Waals surface area contributed by atoms with Gasteiger partial charge in [0.1, 0.15) is 5.69 Å². The fourth-order valence-electron chi connectivity index (χ4n) is 1.14. The molecule has 5 heteroatoms. The third-order valence-corrected chi connectivity index (χ3v) is 1.96. The van der Waals surface area contributed by atoms with E-state index in [0.29, 0.717) is 5.69 Å². The number of ether oxygens (including phenoxy) is 1. The molecule has 5 nitrogen and oxygen atoms in total. The summed E-state index contributed by atoms with van der Waals surface area (Å²) in [4.78, 5) is 26.4. The standard InChI is InChI=1S/C11H14N2O3/c1-8-4-3-5-9(13-8)11(15)12-7-6-10(14)16-2/h3-5H,6-7H2,1-2H3,(H,12,15). The van der Waals surface area contributed by atoms with Gasteiger partial charge in [-0.25, -0.2) is 4.98 Å². The van der Waals surface area contributed by atoms with Gasteiger partial charge in [0.15, 0.2) is 0 Å². The maximum absolute atomic E-state index is 11.5. The summed E-state index contributed by atoms with van der Waals surface area (Å²) in [5.41, 5.74) is 1.13. The Kier molecular flexibility index (Phi) is 4.44. The van der Waals surface area contributed by atoms with E-state index < -0.39 is 0 Å². The second-order valence-corrected chi connectivity index (χ2v) is 3.25. The van der Waals surface area contributed by atoms with Crippen LogP contribution in [0.15, 0.2) is 18.2 Å². The molecule has 0 saturated carbocycles. The molecule has 86 valence electrons. The fraction of sp³-hybridized carbons (Fsp3) is 0.364. The molecule has 0 aromatic carbocycles. The molecular formula is C11H14N2O3. The number of carbonyl (C=O) groups excluding carboxylic acids is 2. The molecule has 1 aromatic heterocycles. The van der Waals surface area contributed by atoms with Crippen LogP contribution < -0.4 is 5.32 Å². The average Bonchev–Trinajstić information content (AvgIpc) is 2.28. The summed E-state index contributed by atoms with van der Waals surface area (Å²) in [5.74, 6) is -0.634. The van der Waals surface area contributed by atoms with Gasteiger partial charge >= 0.3 is 5.97 Å². The zero-order chi connectivity index (χ0) is 12.0. The normalized spacial score (nSPS) is 9.62. The van der Waals surface area contributed by atoms with Crippen LogP contribution in [-0.2, 0) is 9.53 Å². The molecule has 0 radical (unpaired) electrons. The number of nitrogens with zero attached hydrogens (tertiary/aromatic N) is 1. The number of amides is 1. The molecule has 0 aliphatic heterocycles. The summed E-state index contributed by atoms with van der Waals surface area (Å²) >= 11 is 0. The molecule has 0 unspecified atom stereocenters. The number of nitrogens with one attached hydrogen (secondary N) is 1. The molecule has 0 spiro atoms. The topological polar surface area (TPSA) is 68.3 Å². The molecule has 0 atom stereocenters. The van der Waals surface area contributed by atoms with E-state index in [1.807, 2.05) is 13.0 Å². The van der Waals surface area contributed by atoms with Gasteiger partial charge in [-0.3, -0.25) is 9.59 Å². The number of carbonyl (C=O) groups is 2. The van der Waals surface area contributed by atoms with Crippen LogP contribution in [0.5, 0.6) is 0 Å². The molecule has 0 aliphatic rings. The maximum atomic E-state index is 11.5. The van der Waals surface area contributed by atoms with E-state index in [1.54, 1.807) is 12.1 Å². The van der Waals surface area contributed by atoms with E-state index in [-0.39, 0.29) is 24.8 Å². The summed E-state index contributed by atoms with van der Waals surface area (Å²) in [7, 11) is 1.31. The van der Waals surface area contributed by atoms with E-state index >= 15 is 0 Å². The first kappa shape index (κ1) is 12.2. The highest BCUT2D eigenvalue weighted by Crippen LogP contribution is 1.97. The Morgan fingerprint density at radius 3 is 2.81 bits per heavy atom. The van der Waals surface area contributed by atoms with Crippen LogP contribution >= 0.6 is 0 Å². The lowest BCUT2D eigenvalue weighted by molar-refractivity contribution is -0.140. The predicted octanol–water partition coefficient (Wildman–Crippen LogP) is 0.683. The summed E-state index contributed by atoms with van der Waals surface area (Å²) in [6, 6.07) is 5.20.